The highest BCUT2D eigenvalue weighted by Crippen LogP contribution is 2.38. The van der Waals surface area contributed by atoms with E-state index in [-0.39, 0.29) is 32.0 Å². The number of imide groups is 1. The molecule has 0 spiro atoms. The first-order chi connectivity index (χ1) is 22.3. The van der Waals surface area contributed by atoms with Gasteiger partial charge in [0.15, 0.2) is 12.3 Å². The number of hydrogen-bond donors (Lipinski definition) is 0. The van der Waals surface area contributed by atoms with Crippen LogP contribution in [0.2, 0.25) is 25.7 Å². The van der Waals surface area contributed by atoms with Gasteiger partial charge in [0.2, 0.25) is 5.79 Å². The fourth-order valence-electron chi connectivity index (χ4n) is 5.81. The van der Waals surface area contributed by atoms with Gasteiger partial charge < -0.3 is 42.6 Å². The van der Waals surface area contributed by atoms with Gasteiger partial charge in [-0.3, -0.25) is 9.59 Å². The van der Waals surface area contributed by atoms with Crippen LogP contribution in [0.25, 0.3) is 0 Å². The number of amides is 2. The maximum absolute atomic E-state index is 15.0. The van der Waals surface area contributed by atoms with Crippen LogP contribution in [-0.2, 0) is 58.8 Å². The zero-order valence-electron chi connectivity index (χ0n) is 29.4. The minimum Gasteiger partial charge on any atom is -0.449 e. The number of hydrogen-bond acceptors (Lipinski definition) is 12. The summed E-state index contributed by atoms with van der Waals surface area (Å²) in [5.74, 6) is -3.40. The van der Waals surface area contributed by atoms with Gasteiger partial charge in [0.05, 0.1) is 32.3 Å². The maximum Gasteiger partial charge on any atom is 0.418 e. The summed E-state index contributed by atoms with van der Waals surface area (Å²) < 4.78 is 53.4. The molecule has 0 unspecified atom stereocenters. The normalized spacial score (nSPS) is 30.5. The first-order valence-electron chi connectivity index (χ1n) is 15.9. The summed E-state index contributed by atoms with van der Waals surface area (Å²) in [7, 11) is 5.60. The van der Waals surface area contributed by atoms with Crippen LogP contribution >= 0.6 is 0 Å². The van der Waals surface area contributed by atoms with Gasteiger partial charge in [-0.25, -0.2) is 9.69 Å². The summed E-state index contributed by atoms with van der Waals surface area (Å²) in [6.45, 7) is 10.00. The number of methoxy groups -OCH3 is 5. The Hall–Kier alpha value is -2.27. The van der Waals surface area contributed by atoms with Crippen molar-refractivity contribution in [2.75, 3.05) is 48.8 Å². The van der Waals surface area contributed by atoms with E-state index in [2.05, 4.69) is 19.6 Å². The fraction of sp³-hybridized carbons (Fsp3) is 0.727. The van der Waals surface area contributed by atoms with E-state index < -0.39 is 74.6 Å². The highest BCUT2D eigenvalue weighted by atomic mass is 28.3. The summed E-state index contributed by atoms with van der Waals surface area (Å²) in [6.07, 6.45) is -8.14. The van der Waals surface area contributed by atoms with Gasteiger partial charge in [-0.1, -0.05) is 56.9 Å². The molecule has 47 heavy (non-hydrogen) atoms. The van der Waals surface area contributed by atoms with E-state index in [0.29, 0.717) is 6.04 Å². The van der Waals surface area contributed by atoms with Crippen LogP contribution < -0.4 is 0 Å². The first-order valence-corrected chi connectivity index (χ1v) is 19.6. The molecule has 1 aromatic rings. The van der Waals surface area contributed by atoms with Crippen molar-refractivity contribution in [3.05, 3.63) is 35.9 Å². The molecule has 2 aliphatic heterocycles. The molecule has 2 fully saturated rings. The third-order valence-corrected chi connectivity index (χ3v) is 10.5. The molecular formula is C33H53NO12Si. The Kier molecular flexibility index (Phi) is 14.5. The molecule has 2 saturated heterocycles. The summed E-state index contributed by atoms with van der Waals surface area (Å²) in [4.78, 5) is 43.2. The Morgan fingerprint density at radius 2 is 1.62 bits per heavy atom. The third kappa shape index (κ3) is 9.46. The van der Waals surface area contributed by atoms with Crippen molar-refractivity contribution in [2.24, 2.45) is 5.92 Å². The molecule has 2 aliphatic rings. The topological polar surface area (TPSA) is 138 Å². The highest BCUT2D eigenvalue weighted by molar-refractivity contribution is 6.76. The molecule has 0 aromatic heterocycles. The van der Waals surface area contributed by atoms with Crippen LogP contribution in [0.4, 0.5) is 4.79 Å². The van der Waals surface area contributed by atoms with E-state index in [1.807, 2.05) is 30.3 Å². The smallest absolute Gasteiger partial charge is 0.418 e. The van der Waals surface area contributed by atoms with Gasteiger partial charge in [-0.2, -0.15) is 0 Å². The summed E-state index contributed by atoms with van der Waals surface area (Å²) in [5.41, 5.74) is 0.746. The zero-order valence-corrected chi connectivity index (χ0v) is 30.4. The lowest BCUT2D eigenvalue weighted by Crippen LogP contribution is -2.69. The van der Waals surface area contributed by atoms with Crippen LogP contribution in [0, 0.1) is 5.92 Å². The minimum absolute atomic E-state index is 0.0552. The Morgan fingerprint density at radius 3 is 2.15 bits per heavy atom. The Balaban J connectivity index is 2.15. The molecule has 13 nitrogen and oxygen atoms in total. The third-order valence-electron chi connectivity index (χ3n) is 8.77. The van der Waals surface area contributed by atoms with Crippen molar-refractivity contribution >= 4 is 25.9 Å². The van der Waals surface area contributed by atoms with Gasteiger partial charge in [0, 0.05) is 49.5 Å². The van der Waals surface area contributed by atoms with Crippen LogP contribution in [0.15, 0.2) is 30.3 Å². The van der Waals surface area contributed by atoms with E-state index in [0.717, 1.165) is 10.5 Å². The van der Waals surface area contributed by atoms with Crippen molar-refractivity contribution in [1.82, 2.24) is 4.90 Å². The van der Waals surface area contributed by atoms with E-state index in [1.54, 1.807) is 13.8 Å². The Morgan fingerprint density at radius 1 is 0.979 bits per heavy atom. The van der Waals surface area contributed by atoms with Crippen LogP contribution in [0.1, 0.15) is 25.8 Å². The maximum atomic E-state index is 15.0. The van der Waals surface area contributed by atoms with Crippen molar-refractivity contribution in [1.29, 1.82) is 0 Å². The van der Waals surface area contributed by atoms with Gasteiger partial charge in [0.25, 0.3) is 5.91 Å². The first kappa shape index (κ1) is 39.2. The van der Waals surface area contributed by atoms with E-state index in [9.17, 15) is 14.4 Å². The average molecular weight is 684 g/mol. The fourth-order valence-corrected chi connectivity index (χ4v) is 6.53. The van der Waals surface area contributed by atoms with E-state index in [1.165, 1.54) is 35.5 Å². The molecule has 0 aliphatic carbocycles. The molecule has 9 atom stereocenters. The van der Waals surface area contributed by atoms with E-state index in [4.69, 9.17) is 42.6 Å². The molecule has 0 N–H and O–H groups in total. The molecule has 2 heterocycles. The summed E-state index contributed by atoms with van der Waals surface area (Å²) >= 11 is 0. The number of carbonyl (C=O) groups is 3. The lowest BCUT2D eigenvalue weighted by atomic mass is 9.87. The Bertz CT molecular complexity index is 1170. The second-order valence-electron chi connectivity index (χ2n) is 13.2. The SMILES string of the molecule is COC[C@H]1O[C@@H](N(C(=O)OCC[Si](C)(C)C)C(=O)[C@@H](OCc2ccccc2)[C@@]2(OC)CC(=O)[C@@H](C)[C@@H](C)O2)[C@H](OC)[C@@H](OC)[C@@H]1OC. The highest BCUT2D eigenvalue weighted by Gasteiger charge is 2.58. The van der Waals surface area contributed by atoms with Gasteiger partial charge in [-0.05, 0) is 18.5 Å². The second kappa shape index (κ2) is 17.4. The standard InChI is InChI=1S/C33H53NO12Si/c1-21-22(2)46-33(42-7,18-24(21)35)29(44-19-23-14-12-11-13-15-23)30(36)34(32(37)43-16-17-47(8,9)10)31-28(41-6)27(40-5)26(39-4)25(45-31)20-38-3/h11-15,21-22,25-29,31H,16-20H2,1-10H3/t21-,22+,25+,26+,27-,28+,29+,31+,33+/m0/s1. The molecule has 14 heteroatoms. The molecule has 2 amide bonds. The molecule has 266 valence electrons. The Labute approximate surface area is 279 Å². The zero-order chi connectivity index (χ0) is 34.9. The number of carbonyl (C=O) groups excluding carboxylic acids is 3. The number of ether oxygens (including phenoxy) is 9. The number of benzene rings is 1. The number of Topliss-reactive ketones (excluding diaryl/α,β-unsaturated/α-hetero) is 1. The van der Waals surface area contributed by atoms with Crippen LogP contribution in [0.3, 0.4) is 0 Å². The van der Waals surface area contributed by atoms with Crippen molar-refractivity contribution in [2.45, 2.75) is 101 Å². The monoisotopic (exact) mass is 683 g/mol. The van der Waals surface area contributed by atoms with Crippen molar-refractivity contribution in [3.63, 3.8) is 0 Å². The summed E-state index contributed by atoms with van der Waals surface area (Å²) in [6, 6.07) is 9.84. The van der Waals surface area contributed by atoms with Crippen LogP contribution in [-0.4, -0.2) is 128 Å². The van der Waals surface area contributed by atoms with Gasteiger partial charge in [-0.15, -0.1) is 0 Å². The summed E-state index contributed by atoms with van der Waals surface area (Å²) in [5, 5.41) is 0. The molecular weight excluding hydrogens is 630 g/mol. The minimum atomic E-state index is -1.87. The second-order valence-corrected chi connectivity index (χ2v) is 18.8. The van der Waals surface area contributed by atoms with Crippen molar-refractivity contribution in [3.8, 4) is 0 Å². The molecule has 0 bridgehead atoms. The quantitative estimate of drug-likeness (QED) is 0.250. The lowest BCUT2D eigenvalue weighted by molar-refractivity contribution is -0.311. The lowest BCUT2D eigenvalue weighted by Gasteiger charge is -2.49. The molecule has 1 aromatic carbocycles. The number of rotatable bonds is 15. The predicted octanol–water partition coefficient (Wildman–Crippen LogP) is 3.65. The van der Waals surface area contributed by atoms with E-state index >= 15 is 0 Å². The molecule has 0 radical (unpaired) electrons. The number of ketones is 1. The predicted molar refractivity (Wildman–Crippen MR) is 173 cm³/mol. The molecule has 3 rings (SSSR count). The van der Waals surface area contributed by atoms with Gasteiger partial charge >= 0.3 is 6.09 Å². The average Bonchev–Trinajstić information content (AvgIpc) is 3.03. The largest absolute Gasteiger partial charge is 0.449 e. The van der Waals surface area contributed by atoms with Crippen molar-refractivity contribution < 1.29 is 57.0 Å². The number of nitrogens with zero attached hydrogens (tertiary/aromatic N) is 1. The van der Waals surface area contributed by atoms with Gasteiger partial charge in [0.1, 0.15) is 30.2 Å². The molecule has 0 saturated carbocycles. The van der Waals surface area contributed by atoms with Crippen LogP contribution in [0.5, 0.6) is 0 Å².